The summed E-state index contributed by atoms with van der Waals surface area (Å²) in [6.45, 7) is 2.63. The lowest BCUT2D eigenvalue weighted by atomic mass is 10.1. The zero-order valence-electron chi connectivity index (χ0n) is 14.2. The molecule has 1 aliphatic carbocycles. The maximum absolute atomic E-state index is 12.7. The van der Waals surface area contributed by atoms with E-state index in [1.54, 1.807) is 16.7 Å². The van der Waals surface area contributed by atoms with Crippen LogP contribution in [0.5, 0.6) is 0 Å². The van der Waals surface area contributed by atoms with Crippen LogP contribution >= 0.6 is 11.8 Å². The summed E-state index contributed by atoms with van der Waals surface area (Å²) >= 11 is 1.67. The van der Waals surface area contributed by atoms with E-state index in [-0.39, 0.29) is 24.0 Å². The Kier molecular flexibility index (Phi) is 5.33. The van der Waals surface area contributed by atoms with Gasteiger partial charge in [-0.15, -0.1) is 11.8 Å². The molecular weight excluding hydrogens is 322 g/mol. The number of thioether (sulfide) groups is 1. The van der Waals surface area contributed by atoms with Gasteiger partial charge in [-0.05, 0) is 50.5 Å². The van der Waals surface area contributed by atoms with E-state index in [0.29, 0.717) is 12.6 Å². The lowest BCUT2D eigenvalue weighted by Crippen LogP contribution is -2.50. The number of rotatable bonds is 5. The lowest BCUT2D eigenvalue weighted by molar-refractivity contribution is -0.124. The molecule has 0 radical (unpaired) electrons. The van der Waals surface area contributed by atoms with Crippen LogP contribution in [0.2, 0.25) is 0 Å². The minimum atomic E-state index is -0.325. The summed E-state index contributed by atoms with van der Waals surface area (Å²) in [5.74, 6) is 0.00215. The molecule has 1 saturated heterocycles. The van der Waals surface area contributed by atoms with Crippen molar-refractivity contribution in [2.75, 3.05) is 12.8 Å². The molecule has 1 aromatic rings. The zero-order valence-corrected chi connectivity index (χ0v) is 15.1. The Morgan fingerprint density at radius 1 is 1.25 bits per heavy atom. The van der Waals surface area contributed by atoms with Gasteiger partial charge in [0.2, 0.25) is 5.91 Å². The molecule has 2 N–H and O–H groups in total. The average molecular weight is 347 g/mol. The van der Waals surface area contributed by atoms with Crippen molar-refractivity contribution in [1.29, 1.82) is 0 Å². The van der Waals surface area contributed by atoms with E-state index in [4.69, 9.17) is 0 Å². The highest BCUT2D eigenvalue weighted by molar-refractivity contribution is 7.98. The van der Waals surface area contributed by atoms with Gasteiger partial charge in [-0.1, -0.05) is 18.2 Å². The third-order valence-corrected chi connectivity index (χ3v) is 5.50. The van der Waals surface area contributed by atoms with Crippen LogP contribution in [0, 0.1) is 0 Å². The Balaban J connectivity index is 1.63. The molecule has 0 spiro atoms. The maximum atomic E-state index is 12.7. The number of nitrogens with zero attached hydrogens (tertiary/aromatic N) is 1. The van der Waals surface area contributed by atoms with Crippen molar-refractivity contribution in [3.05, 3.63) is 29.8 Å². The van der Waals surface area contributed by atoms with E-state index < -0.39 is 0 Å². The van der Waals surface area contributed by atoms with Gasteiger partial charge >= 0.3 is 6.03 Å². The number of hydrogen-bond acceptors (Lipinski definition) is 3. The molecule has 1 heterocycles. The van der Waals surface area contributed by atoms with E-state index >= 15 is 0 Å². The van der Waals surface area contributed by atoms with E-state index in [2.05, 4.69) is 16.7 Å². The molecule has 24 heavy (non-hydrogen) atoms. The Labute approximate surface area is 147 Å². The monoisotopic (exact) mass is 347 g/mol. The molecule has 1 aromatic carbocycles. The summed E-state index contributed by atoms with van der Waals surface area (Å²) in [5.41, 5.74) is 1.11. The van der Waals surface area contributed by atoms with Gasteiger partial charge in [-0.3, -0.25) is 4.79 Å². The Bertz CT molecular complexity index is 618. The van der Waals surface area contributed by atoms with E-state index in [0.717, 1.165) is 36.1 Å². The molecule has 0 bridgehead atoms. The lowest BCUT2D eigenvalue weighted by Gasteiger charge is -2.26. The zero-order chi connectivity index (χ0) is 17.1. The number of carbonyl (C=O) groups excluding carboxylic acids is 2. The fraction of sp³-hybridized carbons (Fsp3) is 0.556. The van der Waals surface area contributed by atoms with Crippen molar-refractivity contribution in [1.82, 2.24) is 15.5 Å². The van der Waals surface area contributed by atoms with Gasteiger partial charge in [-0.2, -0.15) is 0 Å². The number of hydrogen-bond donors (Lipinski definition) is 2. The van der Waals surface area contributed by atoms with E-state index in [9.17, 15) is 9.59 Å². The second kappa shape index (κ2) is 7.47. The molecule has 5 nitrogen and oxygen atoms in total. The van der Waals surface area contributed by atoms with Crippen LogP contribution in [0.4, 0.5) is 4.79 Å². The highest BCUT2D eigenvalue weighted by Gasteiger charge is 2.36. The third-order valence-electron chi connectivity index (χ3n) is 4.69. The first-order valence-electron chi connectivity index (χ1n) is 8.60. The van der Waals surface area contributed by atoms with E-state index in [1.807, 2.05) is 31.4 Å². The first-order chi connectivity index (χ1) is 11.6. The van der Waals surface area contributed by atoms with Crippen molar-refractivity contribution in [2.24, 2.45) is 0 Å². The summed E-state index contributed by atoms with van der Waals surface area (Å²) in [6, 6.07) is 7.86. The van der Waals surface area contributed by atoms with Crippen molar-refractivity contribution in [3.63, 3.8) is 0 Å². The first-order valence-corrected chi connectivity index (χ1v) is 9.83. The third kappa shape index (κ3) is 3.86. The van der Waals surface area contributed by atoms with Crippen LogP contribution in [-0.2, 0) is 4.79 Å². The van der Waals surface area contributed by atoms with Gasteiger partial charge in [0.05, 0.1) is 6.04 Å². The molecule has 6 heteroatoms. The van der Waals surface area contributed by atoms with Gasteiger partial charge in [0.15, 0.2) is 0 Å². The van der Waals surface area contributed by atoms with Crippen molar-refractivity contribution in [3.8, 4) is 0 Å². The van der Waals surface area contributed by atoms with Gasteiger partial charge in [0.1, 0.15) is 6.04 Å². The summed E-state index contributed by atoms with van der Waals surface area (Å²) in [5, 5.41) is 6.08. The molecule has 2 aliphatic rings. The van der Waals surface area contributed by atoms with Crippen LogP contribution in [0.15, 0.2) is 29.2 Å². The Morgan fingerprint density at radius 3 is 2.71 bits per heavy atom. The van der Waals surface area contributed by atoms with Gasteiger partial charge < -0.3 is 15.5 Å². The van der Waals surface area contributed by atoms with Crippen LogP contribution in [-0.4, -0.2) is 41.7 Å². The molecule has 0 unspecified atom stereocenters. The largest absolute Gasteiger partial charge is 0.352 e. The summed E-state index contributed by atoms with van der Waals surface area (Å²) in [6.07, 6.45) is 5.79. The van der Waals surface area contributed by atoms with Crippen LogP contribution in [0.25, 0.3) is 0 Å². The average Bonchev–Trinajstić information content (AvgIpc) is 3.25. The summed E-state index contributed by atoms with van der Waals surface area (Å²) in [4.78, 5) is 27.9. The van der Waals surface area contributed by atoms with Gasteiger partial charge in [0, 0.05) is 17.5 Å². The van der Waals surface area contributed by atoms with Crippen LogP contribution < -0.4 is 10.6 Å². The number of likely N-dealkylation sites (tertiary alicyclic amines) is 1. The quantitative estimate of drug-likeness (QED) is 0.805. The number of urea groups is 1. The standard InChI is InChI=1S/C18H25N3O2S/c1-12(14-6-3-4-8-16(14)24-2)19-18(23)21-11-5-7-15(21)17(22)20-13-9-10-13/h3-4,6,8,12-13,15H,5,7,9-11H2,1-2H3,(H,19,23)(H,20,22)/t12-,15+/m1/s1. The predicted molar refractivity (Wildman–Crippen MR) is 96.1 cm³/mol. The molecule has 130 valence electrons. The van der Waals surface area contributed by atoms with Gasteiger partial charge in [-0.25, -0.2) is 4.79 Å². The van der Waals surface area contributed by atoms with E-state index in [1.165, 1.54) is 0 Å². The van der Waals surface area contributed by atoms with Crippen molar-refractivity contribution >= 4 is 23.7 Å². The number of amides is 3. The molecule has 0 aromatic heterocycles. The second-order valence-corrected chi connectivity index (χ2v) is 7.40. The Morgan fingerprint density at radius 2 is 2.00 bits per heavy atom. The molecule has 1 saturated carbocycles. The molecular formula is C18H25N3O2S. The molecule has 3 amide bonds. The Hall–Kier alpha value is -1.69. The molecule has 1 aliphatic heterocycles. The number of carbonyl (C=O) groups is 2. The fourth-order valence-electron chi connectivity index (χ4n) is 3.18. The minimum absolute atomic E-state index is 0.00215. The van der Waals surface area contributed by atoms with Crippen LogP contribution in [0.3, 0.4) is 0 Å². The number of benzene rings is 1. The topological polar surface area (TPSA) is 61.4 Å². The minimum Gasteiger partial charge on any atom is -0.352 e. The van der Waals surface area contributed by atoms with Crippen molar-refractivity contribution in [2.45, 2.75) is 55.6 Å². The van der Waals surface area contributed by atoms with Gasteiger partial charge in [0.25, 0.3) is 0 Å². The normalized spacial score (nSPS) is 21.4. The van der Waals surface area contributed by atoms with Crippen LogP contribution in [0.1, 0.15) is 44.2 Å². The number of nitrogens with one attached hydrogen (secondary N) is 2. The second-order valence-electron chi connectivity index (χ2n) is 6.55. The first kappa shape index (κ1) is 17.1. The maximum Gasteiger partial charge on any atom is 0.318 e. The predicted octanol–water partition coefficient (Wildman–Crippen LogP) is 2.92. The summed E-state index contributed by atoms with van der Waals surface area (Å²) < 4.78 is 0. The molecule has 2 atom stereocenters. The highest BCUT2D eigenvalue weighted by Crippen LogP contribution is 2.27. The molecule has 2 fully saturated rings. The smallest absolute Gasteiger partial charge is 0.318 e. The fourth-order valence-corrected chi connectivity index (χ4v) is 3.87. The summed E-state index contributed by atoms with van der Waals surface area (Å²) in [7, 11) is 0. The van der Waals surface area contributed by atoms with Crippen molar-refractivity contribution < 1.29 is 9.59 Å². The highest BCUT2D eigenvalue weighted by atomic mass is 32.2. The molecule has 3 rings (SSSR count). The SMILES string of the molecule is CSc1ccccc1[C@@H](C)NC(=O)N1CCC[C@H]1C(=O)NC1CC1.